The van der Waals surface area contributed by atoms with Crippen LogP contribution in [0.5, 0.6) is 5.75 Å². The maximum Gasteiger partial charge on any atom is 0.324 e. The first-order valence-corrected chi connectivity index (χ1v) is 10.9. The van der Waals surface area contributed by atoms with Crippen LogP contribution in [0.3, 0.4) is 0 Å². The lowest BCUT2D eigenvalue weighted by molar-refractivity contribution is -0.125. The number of aryl methyl sites for hydroxylation is 1. The molecule has 1 heterocycles. The minimum absolute atomic E-state index is 0.00520. The van der Waals surface area contributed by atoms with Gasteiger partial charge >= 0.3 is 6.03 Å². The van der Waals surface area contributed by atoms with E-state index in [0.717, 1.165) is 22.6 Å². The summed E-state index contributed by atoms with van der Waals surface area (Å²) < 4.78 is 5.68. The molecule has 0 saturated carbocycles. The van der Waals surface area contributed by atoms with Gasteiger partial charge in [-0.05, 0) is 61.7 Å². The lowest BCUT2D eigenvalue weighted by Gasteiger charge is -2.12. The first-order valence-electron chi connectivity index (χ1n) is 10.9. The number of hydrogen-bond donors (Lipinski definition) is 3. The molecule has 0 radical (unpaired) electrons. The van der Waals surface area contributed by atoms with Crippen molar-refractivity contribution in [3.05, 3.63) is 54.1 Å². The van der Waals surface area contributed by atoms with Gasteiger partial charge in [-0.1, -0.05) is 12.1 Å². The van der Waals surface area contributed by atoms with E-state index in [4.69, 9.17) is 4.74 Å². The average molecular weight is 453 g/mol. The van der Waals surface area contributed by atoms with Gasteiger partial charge in [0.15, 0.2) is 0 Å². The van der Waals surface area contributed by atoms with Gasteiger partial charge < -0.3 is 20.7 Å². The molecular weight excluding hydrogens is 424 g/mol. The number of imide groups is 1. The second-order valence-electron chi connectivity index (χ2n) is 7.75. The average Bonchev–Trinajstić information content (AvgIpc) is 3.10. The quantitative estimate of drug-likeness (QED) is 0.358. The highest BCUT2D eigenvalue weighted by Crippen LogP contribution is 2.15. The van der Waals surface area contributed by atoms with Gasteiger partial charge in [0.1, 0.15) is 5.75 Å². The summed E-state index contributed by atoms with van der Waals surface area (Å²) in [7, 11) is 0. The summed E-state index contributed by atoms with van der Waals surface area (Å²) in [6, 6.07) is 14.1. The molecule has 1 aliphatic rings. The fourth-order valence-electron chi connectivity index (χ4n) is 3.26. The van der Waals surface area contributed by atoms with Gasteiger partial charge in [0.05, 0.1) is 13.2 Å². The van der Waals surface area contributed by atoms with Crippen LogP contribution >= 0.6 is 0 Å². The maximum atomic E-state index is 12.1. The van der Waals surface area contributed by atoms with E-state index in [1.807, 2.05) is 31.2 Å². The molecule has 0 bridgehead atoms. The van der Waals surface area contributed by atoms with Crippen LogP contribution in [0.25, 0.3) is 0 Å². The standard InChI is InChI=1S/C24H28N4O5/c1-17-5-4-6-20(15-17)33-14-3-2-7-21(29)26-18-8-10-19(11-9-18)27-22(30)12-13-28-23(31)16-25-24(28)32/h4-6,8-11,15H,2-3,7,12-14,16H2,1H3,(H,25,32)(H,26,29)(H,27,30). The molecule has 9 nitrogen and oxygen atoms in total. The number of nitrogens with one attached hydrogen (secondary N) is 3. The molecule has 5 amide bonds. The molecule has 1 fully saturated rings. The van der Waals surface area contributed by atoms with E-state index in [0.29, 0.717) is 30.8 Å². The third-order valence-corrected chi connectivity index (χ3v) is 5.01. The van der Waals surface area contributed by atoms with Crippen molar-refractivity contribution in [1.82, 2.24) is 10.2 Å². The summed E-state index contributed by atoms with van der Waals surface area (Å²) in [5, 5.41) is 7.94. The first-order chi connectivity index (χ1) is 15.9. The number of anilines is 2. The molecule has 3 rings (SSSR count). The summed E-state index contributed by atoms with van der Waals surface area (Å²) in [6.45, 7) is 2.56. The van der Waals surface area contributed by atoms with Gasteiger partial charge in [-0.15, -0.1) is 0 Å². The van der Waals surface area contributed by atoms with Crippen LogP contribution in [0.15, 0.2) is 48.5 Å². The predicted octanol–water partition coefficient (Wildman–Crippen LogP) is 3.06. The van der Waals surface area contributed by atoms with Gasteiger partial charge in [-0.2, -0.15) is 0 Å². The Kier molecular flexibility index (Phi) is 8.40. The fourth-order valence-corrected chi connectivity index (χ4v) is 3.26. The minimum atomic E-state index is -0.480. The molecule has 0 aliphatic carbocycles. The second-order valence-corrected chi connectivity index (χ2v) is 7.75. The first kappa shape index (κ1) is 23.8. The summed E-state index contributed by atoms with van der Waals surface area (Å²) >= 11 is 0. The van der Waals surface area contributed by atoms with Crippen molar-refractivity contribution in [1.29, 1.82) is 0 Å². The number of urea groups is 1. The van der Waals surface area contributed by atoms with E-state index >= 15 is 0 Å². The highest BCUT2D eigenvalue weighted by Gasteiger charge is 2.28. The highest BCUT2D eigenvalue weighted by molar-refractivity contribution is 6.02. The summed E-state index contributed by atoms with van der Waals surface area (Å²) in [4.78, 5) is 48.2. The van der Waals surface area contributed by atoms with Crippen molar-refractivity contribution in [3.8, 4) is 5.75 Å². The second kappa shape index (κ2) is 11.7. The van der Waals surface area contributed by atoms with Crippen LogP contribution in [0.4, 0.5) is 16.2 Å². The maximum absolute atomic E-state index is 12.1. The Morgan fingerprint density at radius 1 is 0.970 bits per heavy atom. The number of ether oxygens (including phenoxy) is 1. The number of nitrogens with zero attached hydrogens (tertiary/aromatic N) is 1. The predicted molar refractivity (Wildman–Crippen MR) is 124 cm³/mol. The Bertz CT molecular complexity index is 990. The molecule has 2 aromatic rings. The van der Waals surface area contributed by atoms with Crippen molar-refractivity contribution in [2.24, 2.45) is 0 Å². The van der Waals surface area contributed by atoms with E-state index < -0.39 is 6.03 Å². The van der Waals surface area contributed by atoms with Crippen molar-refractivity contribution in [2.75, 3.05) is 30.3 Å². The summed E-state index contributed by atoms with van der Waals surface area (Å²) in [5.41, 5.74) is 2.34. The number of carbonyl (C=O) groups is 4. The molecule has 0 aromatic heterocycles. The molecule has 33 heavy (non-hydrogen) atoms. The molecule has 0 spiro atoms. The van der Waals surface area contributed by atoms with Crippen molar-refractivity contribution in [2.45, 2.75) is 32.6 Å². The van der Waals surface area contributed by atoms with Crippen LogP contribution in [0, 0.1) is 6.92 Å². The molecule has 174 valence electrons. The third kappa shape index (κ3) is 7.64. The van der Waals surface area contributed by atoms with Crippen LogP contribution in [0.1, 0.15) is 31.2 Å². The fraction of sp³-hybridized carbons (Fsp3) is 0.333. The molecular formula is C24H28N4O5. The van der Waals surface area contributed by atoms with E-state index in [2.05, 4.69) is 16.0 Å². The molecule has 0 atom stereocenters. The van der Waals surface area contributed by atoms with Gasteiger partial charge in [0, 0.05) is 30.8 Å². The highest BCUT2D eigenvalue weighted by atomic mass is 16.5. The van der Waals surface area contributed by atoms with Crippen molar-refractivity contribution < 1.29 is 23.9 Å². The normalized spacial score (nSPS) is 12.9. The number of hydrogen-bond acceptors (Lipinski definition) is 5. The monoisotopic (exact) mass is 452 g/mol. The topological polar surface area (TPSA) is 117 Å². The molecule has 9 heteroatoms. The zero-order valence-electron chi connectivity index (χ0n) is 18.6. The number of benzene rings is 2. The van der Waals surface area contributed by atoms with E-state index in [1.54, 1.807) is 24.3 Å². The van der Waals surface area contributed by atoms with Crippen molar-refractivity contribution in [3.63, 3.8) is 0 Å². The summed E-state index contributed by atoms with van der Waals surface area (Å²) in [5.74, 6) is 0.0939. The molecule has 2 aromatic carbocycles. The Hall–Kier alpha value is -3.88. The smallest absolute Gasteiger partial charge is 0.324 e. The molecule has 3 N–H and O–H groups in total. The van der Waals surface area contributed by atoms with E-state index in [-0.39, 0.29) is 37.2 Å². The largest absolute Gasteiger partial charge is 0.494 e. The number of rotatable bonds is 11. The Balaban J connectivity index is 1.32. The number of amides is 5. The van der Waals surface area contributed by atoms with Crippen LogP contribution in [-0.2, 0) is 14.4 Å². The van der Waals surface area contributed by atoms with Crippen LogP contribution < -0.4 is 20.7 Å². The zero-order valence-corrected chi connectivity index (χ0v) is 18.6. The Labute approximate surface area is 192 Å². The molecule has 0 unspecified atom stereocenters. The number of carbonyl (C=O) groups excluding carboxylic acids is 4. The molecule has 1 saturated heterocycles. The summed E-state index contributed by atoms with van der Waals surface area (Å²) in [6.07, 6.45) is 1.88. The Morgan fingerprint density at radius 2 is 1.64 bits per heavy atom. The lowest BCUT2D eigenvalue weighted by Crippen LogP contribution is -2.33. The van der Waals surface area contributed by atoms with Crippen LogP contribution in [-0.4, -0.2) is 48.3 Å². The SMILES string of the molecule is Cc1cccc(OCCCCC(=O)Nc2ccc(NC(=O)CCN3C(=O)CNC3=O)cc2)c1. The lowest BCUT2D eigenvalue weighted by atomic mass is 10.2. The Morgan fingerprint density at radius 3 is 2.24 bits per heavy atom. The van der Waals surface area contributed by atoms with Gasteiger partial charge in [0.25, 0.3) is 0 Å². The molecule has 1 aliphatic heterocycles. The zero-order chi connectivity index (χ0) is 23.6. The van der Waals surface area contributed by atoms with Crippen LogP contribution in [0.2, 0.25) is 0 Å². The van der Waals surface area contributed by atoms with E-state index in [1.165, 1.54) is 0 Å². The van der Waals surface area contributed by atoms with E-state index in [9.17, 15) is 19.2 Å². The van der Waals surface area contributed by atoms with Gasteiger partial charge in [-0.3, -0.25) is 19.3 Å². The minimum Gasteiger partial charge on any atom is -0.494 e. The van der Waals surface area contributed by atoms with Gasteiger partial charge in [0.2, 0.25) is 17.7 Å². The third-order valence-electron chi connectivity index (χ3n) is 5.01. The number of unbranched alkanes of at least 4 members (excludes halogenated alkanes) is 1. The van der Waals surface area contributed by atoms with Crippen molar-refractivity contribution >= 4 is 35.1 Å². The van der Waals surface area contributed by atoms with Gasteiger partial charge in [-0.25, -0.2) is 4.79 Å².